The molecule has 0 radical (unpaired) electrons. The smallest absolute Gasteiger partial charge is 0.343 e. The van der Waals surface area contributed by atoms with Crippen LogP contribution in [-0.4, -0.2) is 63.8 Å². The Morgan fingerprint density at radius 1 is 0.955 bits per heavy atom. The largest absolute Gasteiger partial charge is 0.496 e. The van der Waals surface area contributed by atoms with Gasteiger partial charge < -0.3 is 24.4 Å². The maximum atomic E-state index is 13.0. The number of halogens is 1. The lowest BCUT2D eigenvalue weighted by molar-refractivity contribution is -0.142. The highest BCUT2D eigenvalue weighted by Gasteiger charge is 2.26. The van der Waals surface area contributed by atoms with E-state index in [0.29, 0.717) is 28.8 Å². The third kappa shape index (κ3) is 7.93. The zero-order chi connectivity index (χ0) is 30.9. The number of methoxy groups -OCH3 is 2. The topological polar surface area (TPSA) is 77.1 Å². The number of piperidine rings is 1. The Morgan fingerprint density at radius 3 is 2.48 bits per heavy atom. The average Bonchev–Trinajstić information content (AvgIpc) is 3.07. The van der Waals surface area contributed by atoms with Crippen molar-refractivity contribution in [2.75, 3.05) is 47.0 Å². The summed E-state index contributed by atoms with van der Waals surface area (Å²) >= 11 is 6.05. The summed E-state index contributed by atoms with van der Waals surface area (Å²) in [5, 5.41) is 3.66. The molecular weight excluding hydrogens is 576 g/mol. The number of nitrogens with one attached hydrogen (secondary N) is 1. The molecule has 3 aromatic rings. The van der Waals surface area contributed by atoms with Gasteiger partial charge in [-0.3, -0.25) is 4.79 Å². The number of esters is 1. The van der Waals surface area contributed by atoms with Gasteiger partial charge in [-0.1, -0.05) is 35.9 Å². The van der Waals surface area contributed by atoms with Crippen molar-refractivity contribution in [1.82, 2.24) is 10.2 Å². The normalized spacial score (nSPS) is 15.3. The van der Waals surface area contributed by atoms with Gasteiger partial charge in [0.25, 0.3) is 5.91 Å². The van der Waals surface area contributed by atoms with Gasteiger partial charge in [-0.2, -0.15) is 0 Å². The van der Waals surface area contributed by atoms with E-state index in [4.69, 9.17) is 25.8 Å². The van der Waals surface area contributed by atoms with Gasteiger partial charge in [0.2, 0.25) is 0 Å². The first kappa shape index (κ1) is 31.9. The minimum absolute atomic E-state index is 0.171. The van der Waals surface area contributed by atoms with Crippen LogP contribution in [-0.2, 0) is 22.4 Å². The maximum Gasteiger partial charge on any atom is 0.343 e. The number of carbonyl (C=O) groups is 2. The standard InChI is InChI=1S/C36H43ClN2O5/c1-42-34(40)24-44-33-23-28(12-15-30(33)26-9-13-29(37)14-10-26)36(41)38-19-5-6-20-39-21-17-27(18-22-39)32-16-11-25-7-3-4-8-31(25)35(32)43-2/h9-16,23,27H,3-8,17-22,24H2,1-2H3,(H,38,41). The number of ether oxygens (including phenoxy) is 3. The van der Waals surface area contributed by atoms with Crippen molar-refractivity contribution in [3.05, 3.63) is 81.9 Å². The lowest BCUT2D eigenvalue weighted by atomic mass is 9.83. The van der Waals surface area contributed by atoms with Gasteiger partial charge in [-0.05, 0) is 130 Å². The van der Waals surface area contributed by atoms with E-state index >= 15 is 0 Å². The van der Waals surface area contributed by atoms with Gasteiger partial charge in [0.05, 0.1) is 14.2 Å². The molecule has 1 aliphatic carbocycles. The molecule has 1 fully saturated rings. The van der Waals surface area contributed by atoms with Crippen LogP contribution in [0.4, 0.5) is 0 Å². The Kier molecular flexibility index (Phi) is 11.2. The lowest BCUT2D eigenvalue weighted by Gasteiger charge is -2.33. The molecule has 2 aliphatic rings. The molecule has 7 nitrogen and oxygen atoms in total. The number of unbranched alkanes of at least 4 members (excludes halogenated alkanes) is 1. The number of nitrogens with zero attached hydrogens (tertiary/aromatic N) is 1. The highest BCUT2D eigenvalue weighted by molar-refractivity contribution is 6.30. The third-order valence-corrected chi connectivity index (χ3v) is 9.15. The van der Waals surface area contributed by atoms with E-state index in [0.717, 1.165) is 68.6 Å². The maximum absolute atomic E-state index is 13.0. The molecule has 3 aromatic carbocycles. The molecule has 234 valence electrons. The van der Waals surface area contributed by atoms with Crippen molar-refractivity contribution in [2.45, 2.75) is 57.3 Å². The van der Waals surface area contributed by atoms with Crippen LogP contribution < -0.4 is 14.8 Å². The van der Waals surface area contributed by atoms with E-state index in [9.17, 15) is 9.59 Å². The van der Waals surface area contributed by atoms with Crippen LogP contribution in [0.15, 0.2) is 54.6 Å². The fraction of sp³-hybridized carbons (Fsp3) is 0.444. The molecule has 0 bridgehead atoms. The molecule has 1 heterocycles. The average molecular weight is 619 g/mol. The molecule has 1 aliphatic heterocycles. The minimum Gasteiger partial charge on any atom is -0.496 e. The van der Waals surface area contributed by atoms with Crippen LogP contribution in [0.2, 0.25) is 5.02 Å². The Morgan fingerprint density at radius 2 is 1.73 bits per heavy atom. The van der Waals surface area contributed by atoms with E-state index in [1.165, 1.54) is 43.1 Å². The number of carbonyl (C=O) groups excluding carboxylic acids is 2. The highest BCUT2D eigenvalue weighted by Crippen LogP contribution is 2.40. The van der Waals surface area contributed by atoms with Crippen LogP contribution in [0.5, 0.6) is 11.5 Å². The number of fused-ring (bicyclic) bond motifs is 1. The first-order valence-electron chi connectivity index (χ1n) is 15.8. The fourth-order valence-electron chi connectivity index (χ4n) is 6.45. The minimum atomic E-state index is -0.496. The number of benzene rings is 3. The molecule has 0 unspecified atom stereocenters. The summed E-state index contributed by atoms with van der Waals surface area (Å²) < 4.78 is 16.4. The molecule has 44 heavy (non-hydrogen) atoms. The molecule has 0 saturated carbocycles. The zero-order valence-electron chi connectivity index (χ0n) is 25.8. The summed E-state index contributed by atoms with van der Waals surface area (Å²) in [7, 11) is 3.14. The molecule has 1 saturated heterocycles. The van der Waals surface area contributed by atoms with Crippen LogP contribution in [0.3, 0.4) is 0 Å². The summed E-state index contributed by atoms with van der Waals surface area (Å²) in [6.45, 7) is 3.56. The Balaban J connectivity index is 1.08. The van der Waals surface area contributed by atoms with Crippen molar-refractivity contribution >= 4 is 23.5 Å². The molecule has 0 aromatic heterocycles. The van der Waals surface area contributed by atoms with Crippen molar-refractivity contribution in [3.8, 4) is 22.6 Å². The summed E-state index contributed by atoms with van der Waals surface area (Å²) in [6, 6.07) is 17.3. The van der Waals surface area contributed by atoms with E-state index < -0.39 is 5.97 Å². The summed E-state index contributed by atoms with van der Waals surface area (Å²) in [6.07, 6.45) is 9.08. The van der Waals surface area contributed by atoms with Crippen LogP contribution >= 0.6 is 11.6 Å². The molecular formula is C36H43ClN2O5. The Hall–Kier alpha value is -3.55. The summed E-state index contributed by atoms with van der Waals surface area (Å²) in [5.74, 6) is 1.47. The molecule has 1 N–H and O–H groups in total. The lowest BCUT2D eigenvalue weighted by Crippen LogP contribution is -2.34. The first-order valence-corrected chi connectivity index (χ1v) is 16.1. The quantitative estimate of drug-likeness (QED) is 0.177. The molecule has 8 heteroatoms. The second kappa shape index (κ2) is 15.4. The SMILES string of the molecule is COC(=O)COc1cc(C(=O)NCCCCN2CCC(c3ccc4c(c3OC)CCCC4)CC2)ccc1-c1ccc(Cl)cc1. The predicted octanol–water partition coefficient (Wildman–Crippen LogP) is 6.84. The molecule has 0 spiro atoms. The molecule has 0 atom stereocenters. The van der Waals surface area contributed by atoms with E-state index in [1.54, 1.807) is 24.3 Å². The van der Waals surface area contributed by atoms with Gasteiger partial charge in [0, 0.05) is 22.7 Å². The monoisotopic (exact) mass is 618 g/mol. The van der Waals surface area contributed by atoms with Gasteiger partial charge >= 0.3 is 5.97 Å². The third-order valence-electron chi connectivity index (χ3n) is 8.90. The van der Waals surface area contributed by atoms with Crippen LogP contribution in [0, 0.1) is 0 Å². The number of likely N-dealkylation sites (tertiary alicyclic amines) is 1. The van der Waals surface area contributed by atoms with Gasteiger partial charge in [0.15, 0.2) is 6.61 Å². The summed E-state index contributed by atoms with van der Waals surface area (Å²) in [4.78, 5) is 27.2. The van der Waals surface area contributed by atoms with E-state index in [-0.39, 0.29) is 12.5 Å². The number of hydrogen-bond donors (Lipinski definition) is 1. The second-order valence-corrected chi connectivity index (χ2v) is 12.1. The van der Waals surface area contributed by atoms with Gasteiger partial charge in [0.1, 0.15) is 11.5 Å². The second-order valence-electron chi connectivity index (χ2n) is 11.7. The van der Waals surface area contributed by atoms with E-state index in [1.807, 2.05) is 25.3 Å². The number of amides is 1. The zero-order valence-corrected chi connectivity index (χ0v) is 26.6. The van der Waals surface area contributed by atoms with Crippen molar-refractivity contribution < 1.29 is 23.8 Å². The predicted molar refractivity (Wildman–Crippen MR) is 174 cm³/mol. The van der Waals surface area contributed by atoms with Crippen LogP contribution in [0.1, 0.15) is 71.5 Å². The van der Waals surface area contributed by atoms with Crippen molar-refractivity contribution in [2.24, 2.45) is 0 Å². The van der Waals surface area contributed by atoms with Crippen LogP contribution in [0.25, 0.3) is 11.1 Å². The van der Waals surface area contributed by atoms with E-state index in [2.05, 4.69) is 22.3 Å². The molecule has 5 rings (SSSR count). The summed E-state index contributed by atoms with van der Waals surface area (Å²) in [5.41, 5.74) is 6.42. The van der Waals surface area contributed by atoms with Crippen molar-refractivity contribution in [3.63, 3.8) is 0 Å². The van der Waals surface area contributed by atoms with Gasteiger partial charge in [-0.15, -0.1) is 0 Å². The Bertz CT molecular complexity index is 1430. The highest BCUT2D eigenvalue weighted by atomic mass is 35.5. The van der Waals surface area contributed by atoms with Gasteiger partial charge in [-0.25, -0.2) is 4.79 Å². The Labute approximate surface area is 265 Å². The number of aryl methyl sites for hydroxylation is 1. The first-order chi connectivity index (χ1) is 21.5. The molecule has 1 amide bonds. The number of rotatable bonds is 12. The fourth-order valence-corrected chi connectivity index (χ4v) is 6.58. The number of hydrogen-bond acceptors (Lipinski definition) is 6. The van der Waals surface area contributed by atoms with Crippen molar-refractivity contribution in [1.29, 1.82) is 0 Å².